The summed E-state index contributed by atoms with van der Waals surface area (Å²) in [5.74, 6) is 0.985. The number of aromatic nitrogens is 2. The number of rotatable bonds is 4. The van der Waals surface area contributed by atoms with E-state index in [2.05, 4.69) is 58.0 Å². The zero-order valence-corrected chi connectivity index (χ0v) is 20.0. The molecule has 2 aromatic rings. The summed E-state index contributed by atoms with van der Waals surface area (Å²) in [5, 5.41) is 8.35. The monoisotopic (exact) mass is 509 g/mol. The van der Waals surface area contributed by atoms with Crippen LogP contribution >= 0.6 is 24.0 Å². The van der Waals surface area contributed by atoms with Gasteiger partial charge in [0.2, 0.25) is 0 Å². The van der Waals surface area contributed by atoms with E-state index in [0.717, 1.165) is 51.0 Å². The quantitative estimate of drug-likeness (QED) is 0.390. The summed E-state index contributed by atoms with van der Waals surface area (Å²) < 4.78 is 7.76. The van der Waals surface area contributed by atoms with Gasteiger partial charge in [0, 0.05) is 50.0 Å². The highest BCUT2D eigenvalue weighted by Gasteiger charge is 2.42. The fourth-order valence-corrected chi connectivity index (χ4v) is 4.49. The lowest BCUT2D eigenvalue weighted by molar-refractivity contribution is 0.156. The smallest absolute Gasteiger partial charge is 0.193 e. The van der Waals surface area contributed by atoms with Crippen LogP contribution in [0, 0.1) is 19.3 Å². The summed E-state index contributed by atoms with van der Waals surface area (Å²) in [7, 11) is 1.87. The number of likely N-dealkylation sites (tertiary alicyclic amines) is 1. The van der Waals surface area contributed by atoms with Crippen LogP contribution in [0.1, 0.15) is 35.4 Å². The first kappa shape index (κ1) is 22.1. The molecule has 0 saturated carbocycles. The number of halogens is 1. The van der Waals surface area contributed by atoms with E-state index in [4.69, 9.17) is 9.84 Å². The molecule has 1 spiro atoms. The van der Waals surface area contributed by atoms with E-state index < -0.39 is 0 Å². The van der Waals surface area contributed by atoms with Gasteiger partial charge in [0.1, 0.15) is 0 Å². The molecule has 0 amide bonds. The van der Waals surface area contributed by atoms with E-state index in [1.54, 1.807) is 0 Å². The van der Waals surface area contributed by atoms with Crippen LogP contribution in [0.25, 0.3) is 0 Å². The molecule has 2 aliphatic heterocycles. The van der Waals surface area contributed by atoms with Gasteiger partial charge >= 0.3 is 0 Å². The Hall–Kier alpha value is -1.61. The van der Waals surface area contributed by atoms with Gasteiger partial charge in [-0.3, -0.25) is 9.67 Å². The first-order valence-electron chi connectivity index (χ1n) is 10.2. The number of nitrogens with zero attached hydrogens (tertiary/aromatic N) is 4. The number of aliphatic imine (C=N–C) groups is 1. The summed E-state index contributed by atoms with van der Waals surface area (Å²) in [4.78, 5) is 6.92. The van der Waals surface area contributed by atoms with Crippen LogP contribution in [0.4, 0.5) is 0 Å². The lowest BCUT2D eigenvalue weighted by Gasteiger charge is -2.25. The van der Waals surface area contributed by atoms with Gasteiger partial charge in [0.05, 0.1) is 18.8 Å². The maximum Gasteiger partial charge on any atom is 0.193 e. The third kappa shape index (κ3) is 4.77. The fourth-order valence-electron chi connectivity index (χ4n) is 4.49. The molecule has 1 aromatic heterocycles. The second kappa shape index (κ2) is 9.47. The van der Waals surface area contributed by atoms with Crippen molar-refractivity contribution >= 4 is 29.9 Å². The predicted molar refractivity (Wildman–Crippen MR) is 127 cm³/mol. The maximum atomic E-state index is 5.66. The standard InChI is InChI=1S/C22H31N5O.HI/c1-17-20(18(2)27(25-17)14-19-7-5-4-6-8-19)13-24-21(23-3)26-11-9-22(15-26)10-12-28-16-22;/h4-8H,9-16H2,1-3H3,(H,23,24);1H. The van der Waals surface area contributed by atoms with Crippen LogP contribution in [0.3, 0.4) is 0 Å². The number of benzene rings is 1. The minimum atomic E-state index is 0. The average molecular weight is 509 g/mol. The highest BCUT2D eigenvalue weighted by atomic mass is 127. The van der Waals surface area contributed by atoms with Crippen molar-refractivity contribution in [3.8, 4) is 0 Å². The summed E-state index contributed by atoms with van der Waals surface area (Å²) in [6.07, 6.45) is 2.37. The Morgan fingerprint density at radius 3 is 2.72 bits per heavy atom. The highest BCUT2D eigenvalue weighted by Crippen LogP contribution is 2.38. The Morgan fingerprint density at radius 2 is 2.03 bits per heavy atom. The van der Waals surface area contributed by atoms with E-state index in [0.29, 0.717) is 5.41 Å². The lowest BCUT2D eigenvalue weighted by atomic mass is 9.87. The first-order chi connectivity index (χ1) is 13.6. The second-order valence-electron chi connectivity index (χ2n) is 8.17. The van der Waals surface area contributed by atoms with Gasteiger partial charge in [-0.25, -0.2) is 0 Å². The predicted octanol–water partition coefficient (Wildman–Crippen LogP) is 3.35. The largest absolute Gasteiger partial charge is 0.381 e. The van der Waals surface area contributed by atoms with Gasteiger partial charge in [-0.05, 0) is 32.3 Å². The minimum absolute atomic E-state index is 0. The summed E-state index contributed by atoms with van der Waals surface area (Å²) in [5.41, 5.74) is 5.16. The fraction of sp³-hybridized carbons (Fsp3) is 0.545. The molecular formula is C22H32IN5O. The number of hydrogen-bond donors (Lipinski definition) is 1. The van der Waals surface area contributed by atoms with Crippen LogP contribution in [0.15, 0.2) is 35.3 Å². The van der Waals surface area contributed by atoms with Gasteiger partial charge in [-0.2, -0.15) is 5.10 Å². The van der Waals surface area contributed by atoms with E-state index in [1.807, 2.05) is 13.1 Å². The topological polar surface area (TPSA) is 54.7 Å². The Labute approximate surface area is 190 Å². The van der Waals surface area contributed by atoms with Gasteiger partial charge < -0.3 is 15.0 Å². The van der Waals surface area contributed by atoms with Crippen molar-refractivity contribution in [2.75, 3.05) is 33.4 Å². The molecular weight excluding hydrogens is 477 g/mol. The summed E-state index contributed by atoms with van der Waals surface area (Å²) in [6, 6.07) is 10.5. The van der Waals surface area contributed by atoms with Gasteiger partial charge in [-0.15, -0.1) is 24.0 Å². The lowest BCUT2D eigenvalue weighted by Crippen LogP contribution is -2.41. The molecule has 0 radical (unpaired) electrons. The number of nitrogens with one attached hydrogen (secondary N) is 1. The third-order valence-corrected chi connectivity index (χ3v) is 6.26. The Morgan fingerprint density at radius 1 is 1.24 bits per heavy atom. The summed E-state index contributed by atoms with van der Waals surface area (Å²) >= 11 is 0. The molecule has 1 aromatic carbocycles. The molecule has 7 heteroatoms. The van der Waals surface area contributed by atoms with Crippen LogP contribution in [-0.4, -0.2) is 54.0 Å². The second-order valence-corrected chi connectivity index (χ2v) is 8.17. The van der Waals surface area contributed by atoms with E-state index in [-0.39, 0.29) is 24.0 Å². The normalized spacial score (nSPS) is 21.6. The molecule has 1 unspecified atom stereocenters. The molecule has 0 bridgehead atoms. The molecule has 4 rings (SSSR count). The number of aryl methyl sites for hydroxylation is 1. The van der Waals surface area contributed by atoms with Crippen LogP contribution in [-0.2, 0) is 17.8 Å². The van der Waals surface area contributed by atoms with Crippen LogP contribution in [0.5, 0.6) is 0 Å². The Kier molecular flexibility index (Phi) is 7.21. The van der Waals surface area contributed by atoms with Crippen LogP contribution in [0.2, 0.25) is 0 Å². The third-order valence-electron chi connectivity index (χ3n) is 6.26. The molecule has 29 heavy (non-hydrogen) atoms. The van der Waals surface area contributed by atoms with Crippen molar-refractivity contribution in [3.05, 3.63) is 52.8 Å². The average Bonchev–Trinajstić information content (AvgIpc) is 3.40. The van der Waals surface area contributed by atoms with Crippen molar-refractivity contribution in [3.63, 3.8) is 0 Å². The number of guanidine groups is 1. The number of hydrogen-bond acceptors (Lipinski definition) is 3. The maximum absolute atomic E-state index is 5.66. The molecule has 6 nitrogen and oxygen atoms in total. The van der Waals surface area contributed by atoms with Crippen molar-refractivity contribution in [1.82, 2.24) is 20.0 Å². The molecule has 2 fully saturated rings. The van der Waals surface area contributed by atoms with Crippen molar-refractivity contribution in [2.24, 2.45) is 10.4 Å². The first-order valence-corrected chi connectivity index (χ1v) is 10.2. The molecule has 2 aliphatic rings. The van der Waals surface area contributed by atoms with Crippen LogP contribution < -0.4 is 5.32 Å². The van der Waals surface area contributed by atoms with Gasteiger partial charge in [-0.1, -0.05) is 30.3 Å². The van der Waals surface area contributed by atoms with Crippen molar-refractivity contribution in [1.29, 1.82) is 0 Å². The zero-order chi connectivity index (χ0) is 19.6. The Balaban J connectivity index is 0.00000240. The molecule has 3 heterocycles. The highest BCUT2D eigenvalue weighted by molar-refractivity contribution is 14.0. The zero-order valence-electron chi connectivity index (χ0n) is 17.6. The number of ether oxygens (including phenoxy) is 1. The SMILES string of the molecule is CN=C(NCc1c(C)nn(Cc2ccccc2)c1C)N1CCC2(CCOC2)C1.I. The van der Waals surface area contributed by atoms with Crippen molar-refractivity contribution < 1.29 is 4.74 Å². The summed E-state index contributed by atoms with van der Waals surface area (Å²) in [6.45, 7) is 9.68. The van der Waals surface area contributed by atoms with Gasteiger partial charge in [0.25, 0.3) is 0 Å². The van der Waals surface area contributed by atoms with E-state index in [9.17, 15) is 0 Å². The molecule has 158 valence electrons. The van der Waals surface area contributed by atoms with Crippen molar-refractivity contribution in [2.45, 2.75) is 39.8 Å². The van der Waals surface area contributed by atoms with E-state index >= 15 is 0 Å². The molecule has 1 N–H and O–H groups in total. The van der Waals surface area contributed by atoms with Gasteiger partial charge in [0.15, 0.2) is 5.96 Å². The minimum Gasteiger partial charge on any atom is -0.381 e. The molecule has 0 aliphatic carbocycles. The van der Waals surface area contributed by atoms with E-state index in [1.165, 1.54) is 29.7 Å². The molecule has 2 saturated heterocycles. The molecule has 1 atom stereocenters. The Bertz CT molecular complexity index is 842.